The minimum Gasteiger partial charge on any atom is -0.497 e. The van der Waals surface area contributed by atoms with Crippen LogP contribution in [-0.2, 0) is 0 Å². The number of methoxy groups -OCH3 is 1. The van der Waals surface area contributed by atoms with E-state index in [0.717, 1.165) is 70.5 Å². The van der Waals surface area contributed by atoms with Gasteiger partial charge in [-0.2, -0.15) is 0 Å². The standard InChI is InChI=1S/C33H31NO/c1-4-6-30(31(7-5-2)21-15-29-16-22-32(34)23-17-29)20-14-27-11-8-26(9-12-27)10-13-28-18-24-33(35-3)25-19-28/h8-9,11-12,16-19,22-25H,4-7,34H2,1-3H3/b31-30+. The lowest BCUT2D eigenvalue weighted by molar-refractivity contribution is 0.415. The SMILES string of the molecule is CCC/C(C#Cc1ccc(N)cc1)=C(\C#Cc1ccc(C#Cc2ccc(OC)cc2)cc1)CCC. The second kappa shape index (κ2) is 13.4. The first-order valence-electron chi connectivity index (χ1n) is 12.0. The Morgan fingerprint density at radius 2 is 0.971 bits per heavy atom. The van der Waals surface area contributed by atoms with Gasteiger partial charge in [-0.3, -0.25) is 0 Å². The first kappa shape index (κ1) is 25.3. The van der Waals surface area contributed by atoms with Crippen molar-refractivity contribution in [1.82, 2.24) is 0 Å². The Kier molecular flexibility index (Phi) is 9.69. The summed E-state index contributed by atoms with van der Waals surface area (Å²) >= 11 is 0. The Hall–Kier alpha value is -4.32. The maximum Gasteiger partial charge on any atom is 0.118 e. The van der Waals surface area contributed by atoms with E-state index >= 15 is 0 Å². The molecule has 0 aliphatic carbocycles. The van der Waals surface area contributed by atoms with E-state index in [4.69, 9.17) is 10.5 Å². The van der Waals surface area contributed by atoms with Crippen LogP contribution in [0.3, 0.4) is 0 Å². The quantitative estimate of drug-likeness (QED) is 0.331. The average molecular weight is 458 g/mol. The smallest absolute Gasteiger partial charge is 0.118 e. The predicted molar refractivity (Wildman–Crippen MR) is 147 cm³/mol. The van der Waals surface area contributed by atoms with E-state index in [1.54, 1.807) is 7.11 Å². The summed E-state index contributed by atoms with van der Waals surface area (Å²) in [6.07, 6.45) is 3.90. The predicted octanol–water partition coefficient (Wildman–Crippen LogP) is 6.98. The topological polar surface area (TPSA) is 35.2 Å². The van der Waals surface area contributed by atoms with Gasteiger partial charge in [-0.15, -0.1) is 0 Å². The first-order valence-corrected chi connectivity index (χ1v) is 12.0. The van der Waals surface area contributed by atoms with E-state index < -0.39 is 0 Å². The number of allylic oxidation sites excluding steroid dienone is 2. The lowest BCUT2D eigenvalue weighted by Gasteiger charge is -2.04. The normalized spacial score (nSPS) is 10.5. The number of rotatable bonds is 5. The van der Waals surface area contributed by atoms with Crippen LogP contribution in [0, 0.1) is 35.5 Å². The molecule has 0 aliphatic heterocycles. The van der Waals surface area contributed by atoms with Crippen molar-refractivity contribution in [2.45, 2.75) is 39.5 Å². The third-order valence-corrected chi connectivity index (χ3v) is 5.32. The second-order valence-electron chi connectivity index (χ2n) is 8.13. The molecule has 0 aromatic heterocycles. The van der Waals surface area contributed by atoms with Gasteiger partial charge in [0.25, 0.3) is 0 Å². The number of ether oxygens (including phenoxy) is 1. The molecule has 0 unspecified atom stereocenters. The van der Waals surface area contributed by atoms with Crippen molar-refractivity contribution in [3.05, 3.63) is 106 Å². The third-order valence-electron chi connectivity index (χ3n) is 5.32. The van der Waals surface area contributed by atoms with E-state index in [-0.39, 0.29) is 0 Å². The van der Waals surface area contributed by atoms with Gasteiger partial charge in [-0.25, -0.2) is 0 Å². The highest BCUT2D eigenvalue weighted by Crippen LogP contribution is 2.16. The van der Waals surface area contributed by atoms with Crippen LogP contribution >= 0.6 is 0 Å². The highest BCUT2D eigenvalue weighted by atomic mass is 16.5. The highest BCUT2D eigenvalue weighted by molar-refractivity contribution is 5.52. The van der Waals surface area contributed by atoms with Crippen LogP contribution in [0.5, 0.6) is 5.75 Å². The molecule has 2 N–H and O–H groups in total. The van der Waals surface area contributed by atoms with Gasteiger partial charge in [-0.05, 0) is 85.6 Å². The van der Waals surface area contributed by atoms with Gasteiger partial charge in [0.1, 0.15) is 5.75 Å². The molecule has 0 radical (unpaired) electrons. The molecular weight excluding hydrogens is 426 g/mol. The molecular formula is C33H31NO. The summed E-state index contributed by atoms with van der Waals surface area (Å²) in [5, 5.41) is 0. The van der Waals surface area contributed by atoms with Crippen molar-refractivity contribution in [2.75, 3.05) is 12.8 Å². The maximum absolute atomic E-state index is 5.79. The van der Waals surface area contributed by atoms with Crippen LogP contribution in [0.15, 0.2) is 83.9 Å². The van der Waals surface area contributed by atoms with Gasteiger partial charge >= 0.3 is 0 Å². The molecule has 0 amide bonds. The number of anilines is 1. The third kappa shape index (κ3) is 8.19. The highest BCUT2D eigenvalue weighted by Gasteiger charge is 2.02. The zero-order chi connectivity index (χ0) is 24.9. The largest absolute Gasteiger partial charge is 0.497 e. The Labute approximate surface area is 210 Å². The van der Waals surface area contributed by atoms with Crippen LogP contribution in [-0.4, -0.2) is 7.11 Å². The molecule has 0 spiro atoms. The summed E-state index contributed by atoms with van der Waals surface area (Å²) < 4.78 is 5.19. The van der Waals surface area contributed by atoms with E-state index in [0.29, 0.717) is 0 Å². The summed E-state index contributed by atoms with van der Waals surface area (Å²) in [5.74, 6) is 20.6. The van der Waals surface area contributed by atoms with Crippen LogP contribution in [0.1, 0.15) is 61.8 Å². The van der Waals surface area contributed by atoms with Gasteiger partial charge in [0.2, 0.25) is 0 Å². The van der Waals surface area contributed by atoms with Crippen molar-refractivity contribution in [2.24, 2.45) is 0 Å². The van der Waals surface area contributed by atoms with Crippen LogP contribution in [0.4, 0.5) is 5.69 Å². The molecule has 0 bridgehead atoms. The van der Waals surface area contributed by atoms with E-state index in [2.05, 4.69) is 49.4 Å². The number of nitrogen functional groups attached to an aromatic ring is 1. The summed E-state index contributed by atoms with van der Waals surface area (Å²) in [6, 6.07) is 23.5. The van der Waals surface area contributed by atoms with Crippen LogP contribution < -0.4 is 10.5 Å². The van der Waals surface area contributed by atoms with Gasteiger partial charge in [0, 0.05) is 39.1 Å². The molecule has 2 heteroatoms. The molecule has 0 fully saturated rings. The Balaban J connectivity index is 1.81. The molecule has 2 nitrogen and oxygen atoms in total. The van der Waals surface area contributed by atoms with Gasteiger partial charge < -0.3 is 10.5 Å². The average Bonchev–Trinajstić information content (AvgIpc) is 2.89. The maximum atomic E-state index is 5.79. The zero-order valence-corrected chi connectivity index (χ0v) is 20.7. The van der Waals surface area contributed by atoms with Gasteiger partial charge in [0.15, 0.2) is 0 Å². The number of hydrogen-bond acceptors (Lipinski definition) is 2. The monoisotopic (exact) mass is 457 g/mol. The van der Waals surface area contributed by atoms with Crippen molar-refractivity contribution in [1.29, 1.82) is 0 Å². The summed E-state index contributed by atoms with van der Waals surface area (Å²) in [6.45, 7) is 4.35. The molecule has 0 heterocycles. The molecule has 3 aromatic carbocycles. The fourth-order valence-corrected chi connectivity index (χ4v) is 3.39. The molecule has 0 atom stereocenters. The molecule has 3 aromatic rings. The summed E-state index contributed by atoms with van der Waals surface area (Å²) in [7, 11) is 1.66. The van der Waals surface area contributed by atoms with Crippen molar-refractivity contribution in [3.8, 4) is 41.3 Å². The number of nitrogens with two attached hydrogens (primary N) is 1. The summed E-state index contributed by atoms with van der Waals surface area (Å²) in [4.78, 5) is 0. The second-order valence-corrected chi connectivity index (χ2v) is 8.13. The summed E-state index contributed by atoms with van der Waals surface area (Å²) in [5.41, 5.74) is 12.6. The van der Waals surface area contributed by atoms with Crippen LogP contribution in [0.25, 0.3) is 0 Å². The fourth-order valence-electron chi connectivity index (χ4n) is 3.39. The number of benzene rings is 3. The van der Waals surface area contributed by atoms with Crippen LogP contribution in [0.2, 0.25) is 0 Å². The molecule has 174 valence electrons. The molecule has 0 saturated carbocycles. The Morgan fingerprint density at radius 3 is 1.37 bits per heavy atom. The van der Waals surface area contributed by atoms with Crippen molar-refractivity contribution >= 4 is 5.69 Å². The van der Waals surface area contributed by atoms with Crippen molar-refractivity contribution in [3.63, 3.8) is 0 Å². The Bertz CT molecular complexity index is 1330. The zero-order valence-electron chi connectivity index (χ0n) is 20.7. The first-order chi connectivity index (χ1) is 17.1. The lowest BCUT2D eigenvalue weighted by atomic mass is 9.99. The van der Waals surface area contributed by atoms with Gasteiger partial charge in [0.05, 0.1) is 7.11 Å². The van der Waals surface area contributed by atoms with Gasteiger partial charge in [-0.1, -0.05) is 62.2 Å². The van der Waals surface area contributed by atoms with E-state index in [9.17, 15) is 0 Å². The van der Waals surface area contributed by atoms with Crippen molar-refractivity contribution < 1.29 is 4.74 Å². The lowest BCUT2D eigenvalue weighted by Crippen LogP contribution is -1.90. The minimum atomic E-state index is 0.746. The molecule has 35 heavy (non-hydrogen) atoms. The molecule has 0 aliphatic rings. The molecule has 0 saturated heterocycles. The Morgan fingerprint density at radius 1 is 0.600 bits per heavy atom. The fraction of sp³-hybridized carbons (Fsp3) is 0.212. The minimum absolute atomic E-state index is 0.746. The van der Waals surface area contributed by atoms with E-state index in [1.807, 2.05) is 72.8 Å². The number of hydrogen-bond donors (Lipinski definition) is 1. The molecule has 3 rings (SSSR count). The van der Waals surface area contributed by atoms with E-state index in [1.165, 1.54) is 0 Å².